The lowest BCUT2D eigenvalue weighted by molar-refractivity contribution is -0.139. The maximum atomic E-state index is 10.8. The Morgan fingerprint density at radius 3 is 2.14 bits per heavy atom. The number of hydrogen-bond acceptors (Lipinski definition) is 6. The van der Waals surface area contributed by atoms with E-state index in [0.717, 1.165) is 40.0 Å². The lowest BCUT2D eigenvalue weighted by Gasteiger charge is -2.12. The summed E-state index contributed by atoms with van der Waals surface area (Å²) in [6, 6.07) is 31.5. The van der Waals surface area contributed by atoms with Crippen LogP contribution in [0, 0.1) is 6.92 Å². The molecule has 1 heterocycles. The molecule has 7 nitrogen and oxygen atoms in total. The van der Waals surface area contributed by atoms with Crippen LogP contribution in [0.2, 0.25) is 0 Å². The first-order valence-electron chi connectivity index (χ1n) is 13.9. The molecule has 1 aromatic heterocycles. The summed E-state index contributed by atoms with van der Waals surface area (Å²) in [6.45, 7) is 5.68. The SMILES string of the molecule is CCC(C)Oc1ccc(-c2nc(COc3ccc(OCC(=O)O)c(C)c3)oc2-c2ccc(-c3ccccc3)cc2)cc1. The second kappa shape index (κ2) is 13.1. The van der Waals surface area contributed by atoms with Gasteiger partial charge in [-0.05, 0) is 79.4 Å². The Balaban J connectivity index is 1.41. The van der Waals surface area contributed by atoms with Gasteiger partial charge in [0.1, 0.15) is 22.9 Å². The number of benzene rings is 4. The summed E-state index contributed by atoms with van der Waals surface area (Å²) in [5, 5.41) is 8.87. The number of aryl methyl sites for hydroxylation is 1. The van der Waals surface area contributed by atoms with Gasteiger partial charge >= 0.3 is 5.97 Å². The number of carboxylic acid groups (broad SMARTS) is 1. The van der Waals surface area contributed by atoms with Crippen LogP contribution in [0.4, 0.5) is 0 Å². The minimum Gasteiger partial charge on any atom is -0.491 e. The number of nitrogens with zero attached hydrogens (tertiary/aromatic N) is 1. The fourth-order valence-corrected chi connectivity index (χ4v) is 4.43. The van der Waals surface area contributed by atoms with Gasteiger partial charge in [-0.3, -0.25) is 0 Å². The highest BCUT2D eigenvalue weighted by Gasteiger charge is 2.18. The van der Waals surface area contributed by atoms with Crippen molar-refractivity contribution >= 4 is 5.97 Å². The van der Waals surface area contributed by atoms with Crippen molar-refractivity contribution in [3.63, 3.8) is 0 Å². The molecular weight excluding hydrogens is 530 g/mol. The minimum absolute atomic E-state index is 0.110. The molecule has 0 radical (unpaired) electrons. The maximum Gasteiger partial charge on any atom is 0.341 e. The molecule has 0 saturated heterocycles. The van der Waals surface area contributed by atoms with E-state index < -0.39 is 12.6 Å². The Morgan fingerprint density at radius 1 is 0.833 bits per heavy atom. The molecule has 1 unspecified atom stereocenters. The number of aromatic nitrogens is 1. The van der Waals surface area contributed by atoms with E-state index in [1.807, 2.05) is 68.4 Å². The van der Waals surface area contributed by atoms with Crippen LogP contribution in [0.5, 0.6) is 17.2 Å². The first kappa shape index (κ1) is 28.5. The fourth-order valence-electron chi connectivity index (χ4n) is 4.43. The predicted molar refractivity (Wildman–Crippen MR) is 162 cm³/mol. The molecule has 0 amide bonds. The minimum atomic E-state index is -1.03. The number of oxazole rings is 1. The zero-order valence-electron chi connectivity index (χ0n) is 23.9. The number of aliphatic carboxylic acids is 1. The maximum absolute atomic E-state index is 10.8. The zero-order chi connectivity index (χ0) is 29.5. The average Bonchev–Trinajstić information content (AvgIpc) is 3.44. The predicted octanol–water partition coefficient (Wildman–Crippen LogP) is 8.20. The van der Waals surface area contributed by atoms with Crippen LogP contribution in [-0.2, 0) is 11.4 Å². The van der Waals surface area contributed by atoms with Gasteiger partial charge in [0.25, 0.3) is 0 Å². The molecule has 0 aliphatic heterocycles. The summed E-state index contributed by atoms with van der Waals surface area (Å²) < 4.78 is 23.6. The number of ether oxygens (including phenoxy) is 3. The van der Waals surface area contributed by atoms with E-state index in [-0.39, 0.29) is 12.7 Å². The summed E-state index contributed by atoms with van der Waals surface area (Å²) in [5.74, 6) is 1.94. The normalized spacial score (nSPS) is 11.6. The molecule has 214 valence electrons. The van der Waals surface area contributed by atoms with Gasteiger partial charge in [-0.15, -0.1) is 0 Å². The third-order valence-corrected chi connectivity index (χ3v) is 6.83. The van der Waals surface area contributed by atoms with Gasteiger partial charge < -0.3 is 23.7 Å². The van der Waals surface area contributed by atoms with E-state index in [4.69, 9.17) is 28.7 Å². The summed E-state index contributed by atoms with van der Waals surface area (Å²) >= 11 is 0. The Bertz CT molecular complexity index is 1630. The first-order valence-corrected chi connectivity index (χ1v) is 13.9. The molecule has 1 atom stereocenters. The second-order valence-electron chi connectivity index (χ2n) is 9.99. The molecule has 0 fully saturated rings. The van der Waals surface area contributed by atoms with Crippen molar-refractivity contribution in [3.05, 3.63) is 109 Å². The van der Waals surface area contributed by atoms with E-state index in [1.165, 1.54) is 0 Å². The summed E-state index contributed by atoms with van der Waals surface area (Å²) in [4.78, 5) is 15.7. The fraction of sp³-hybridized carbons (Fsp3) is 0.200. The van der Waals surface area contributed by atoms with Gasteiger partial charge in [0.15, 0.2) is 19.0 Å². The topological polar surface area (TPSA) is 91.0 Å². The van der Waals surface area contributed by atoms with E-state index in [9.17, 15) is 4.79 Å². The van der Waals surface area contributed by atoms with Gasteiger partial charge in [-0.25, -0.2) is 9.78 Å². The highest BCUT2D eigenvalue weighted by atomic mass is 16.5. The van der Waals surface area contributed by atoms with E-state index in [1.54, 1.807) is 18.2 Å². The van der Waals surface area contributed by atoms with E-state index in [2.05, 4.69) is 31.2 Å². The highest BCUT2D eigenvalue weighted by Crippen LogP contribution is 2.35. The van der Waals surface area contributed by atoms with E-state index >= 15 is 0 Å². The Morgan fingerprint density at radius 2 is 1.48 bits per heavy atom. The van der Waals surface area contributed by atoms with Gasteiger partial charge in [-0.2, -0.15) is 0 Å². The standard InChI is InChI=1S/C35H33NO6/c1-4-24(3)41-29-16-14-27(15-17-29)34-35(28-12-10-26(11-13-28)25-8-6-5-7-9-25)42-32(36-34)21-39-30-18-19-31(23(2)20-30)40-22-33(37)38/h5-20,24H,4,21-22H2,1-3H3,(H,37,38). The Labute approximate surface area is 245 Å². The summed E-state index contributed by atoms with van der Waals surface area (Å²) in [7, 11) is 0. The molecule has 4 aromatic carbocycles. The molecule has 5 aromatic rings. The molecule has 0 bridgehead atoms. The number of hydrogen-bond donors (Lipinski definition) is 1. The van der Waals surface area contributed by atoms with Crippen molar-refractivity contribution in [1.82, 2.24) is 4.98 Å². The van der Waals surface area contributed by atoms with Gasteiger partial charge in [0.05, 0.1) is 6.10 Å². The van der Waals surface area contributed by atoms with Gasteiger partial charge in [-0.1, -0.05) is 61.5 Å². The van der Waals surface area contributed by atoms with Crippen molar-refractivity contribution in [2.75, 3.05) is 6.61 Å². The third-order valence-electron chi connectivity index (χ3n) is 6.83. The van der Waals surface area contributed by atoms with Crippen LogP contribution in [0.1, 0.15) is 31.7 Å². The van der Waals surface area contributed by atoms with Crippen molar-refractivity contribution in [2.24, 2.45) is 0 Å². The quantitative estimate of drug-likeness (QED) is 0.164. The number of carboxylic acids is 1. The molecule has 5 rings (SSSR count). The molecule has 0 aliphatic carbocycles. The Kier molecular flexibility index (Phi) is 8.87. The smallest absolute Gasteiger partial charge is 0.341 e. The Hall–Kier alpha value is -5.04. The van der Waals surface area contributed by atoms with Crippen molar-refractivity contribution < 1.29 is 28.5 Å². The average molecular weight is 564 g/mol. The van der Waals surface area contributed by atoms with Gasteiger partial charge in [0.2, 0.25) is 5.89 Å². The molecule has 7 heteroatoms. The molecule has 0 aliphatic rings. The van der Waals surface area contributed by atoms with Crippen LogP contribution in [0.15, 0.2) is 101 Å². The van der Waals surface area contributed by atoms with Crippen molar-refractivity contribution in [3.8, 4) is 51.0 Å². The molecule has 0 saturated carbocycles. The van der Waals surface area contributed by atoms with Crippen molar-refractivity contribution in [1.29, 1.82) is 0 Å². The molecule has 0 spiro atoms. The highest BCUT2D eigenvalue weighted by molar-refractivity contribution is 5.78. The molecule has 1 N–H and O–H groups in total. The monoisotopic (exact) mass is 563 g/mol. The van der Waals surface area contributed by atoms with Crippen LogP contribution >= 0.6 is 0 Å². The number of rotatable bonds is 12. The van der Waals surface area contributed by atoms with Crippen LogP contribution in [0.25, 0.3) is 33.7 Å². The third kappa shape index (κ3) is 6.99. The lowest BCUT2D eigenvalue weighted by Crippen LogP contribution is -2.10. The van der Waals surface area contributed by atoms with Gasteiger partial charge in [0, 0.05) is 11.1 Å². The number of carbonyl (C=O) groups is 1. The van der Waals surface area contributed by atoms with Crippen LogP contribution in [0.3, 0.4) is 0 Å². The zero-order valence-corrected chi connectivity index (χ0v) is 23.9. The largest absolute Gasteiger partial charge is 0.491 e. The van der Waals surface area contributed by atoms with Crippen molar-refractivity contribution in [2.45, 2.75) is 39.9 Å². The van der Waals surface area contributed by atoms with Crippen LogP contribution < -0.4 is 14.2 Å². The first-order chi connectivity index (χ1) is 20.4. The molecular formula is C35H33NO6. The summed E-state index contributed by atoms with van der Waals surface area (Å²) in [5.41, 5.74) is 5.54. The second-order valence-corrected chi connectivity index (χ2v) is 9.99. The van der Waals surface area contributed by atoms with E-state index in [0.29, 0.717) is 28.8 Å². The van der Waals surface area contributed by atoms with Crippen LogP contribution in [-0.4, -0.2) is 28.8 Å². The molecule has 42 heavy (non-hydrogen) atoms. The lowest BCUT2D eigenvalue weighted by atomic mass is 10.0. The summed E-state index contributed by atoms with van der Waals surface area (Å²) in [6.07, 6.45) is 1.06.